The predicted octanol–water partition coefficient (Wildman–Crippen LogP) is 3.37. The number of aryl methyl sites for hydroxylation is 2. The molecular formula is C20H20N4O3. The van der Waals surface area contributed by atoms with Gasteiger partial charge in [-0.25, -0.2) is 4.79 Å². The first-order valence-electron chi connectivity index (χ1n) is 8.69. The van der Waals surface area contributed by atoms with E-state index in [4.69, 9.17) is 4.42 Å². The fourth-order valence-electron chi connectivity index (χ4n) is 3.38. The Morgan fingerprint density at radius 1 is 1.30 bits per heavy atom. The van der Waals surface area contributed by atoms with E-state index in [9.17, 15) is 9.90 Å². The minimum absolute atomic E-state index is 0.102. The summed E-state index contributed by atoms with van der Waals surface area (Å²) in [6.07, 6.45) is 2.22. The Morgan fingerprint density at radius 3 is 2.78 bits per heavy atom. The molecule has 0 saturated heterocycles. The summed E-state index contributed by atoms with van der Waals surface area (Å²) in [5, 5.41) is 18.2. The maximum absolute atomic E-state index is 12.5. The average Bonchev–Trinajstić information content (AvgIpc) is 2.84. The van der Waals surface area contributed by atoms with Gasteiger partial charge in [-0.05, 0) is 26.0 Å². The molecule has 0 fully saturated rings. The van der Waals surface area contributed by atoms with Crippen molar-refractivity contribution in [3.05, 3.63) is 69.5 Å². The van der Waals surface area contributed by atoms with Gasteiger partial charge in [0.15, 0.2) is 0 Å². The predicted molar refractivity (Wildman–Crippen MR) is 103 cm³/mol. The van der Waals surface area contributed by atoms with Crippen molar-refractivity contribution in [1.82, 2.24) is 9.78 Å². The number of aliphatic imine (C=N–C) groups is 1. The van der Waals surface area contributed by atoms with Gasteiger partial charge in [-0.3, -0.25) is 9.67 Å². The molecule has 0 radical (unpaired) electrons. The normalized spacial score (nSPS) is 16.3. The Bertz CT molecular complexity index is 1110. The van der Waals surface area contributed by atoms with E-state index in [1.54, 1.807) is 6.92 Å². The number of hydrogen-bond acceptors (Lipinski definition) is 6. The molecule has 2 N–H and O–H groups in total. The van der Waals surface area contributed by atoms with Gasteiger partial charge in [0, 0.05) is 30.8 Å². The topological polar surface area (TPSA) is 92.7 Å². The Morgan fingerprint density at radius 2 is 2.07 bits per heavy atom. The largest absolute Gasteiger partial charge is 0.507 e. The second-order valence-corrected chi connectivity index (χ2v) is 6.69. The Balaban J connectivity index is 1.89. The highest BCUT2D eigenvalue weighted by Crippen LogP contribution is 2.36. The van der Waals surface area contributed by atoms with E-state index < -0.39 is 5.63 Å². The van der Waals surface area contributed by atoms with Crippen LogP contribution in [0.25, 0.3) is 0 Å². The summed E-state index contributed by atoms with van der Waals surface area (Å²) in [5.41, 5.74) is 3.59. The fourth-order valence-corrected chi connectivity index (χ4v) is 3.38. The first-order valence-corrected chi connectivity index (χ1v) is 8.69. The SMILES string of the molecule is Cc1cc(O)c(C2=Nc3ccccc3NC(c3cnn(C)c3C)C2)c(=O)o1. The van der Waals surface area contributed by atoms with Crippen molar-refractivity contribution < 1.29 is 9.52 Å². The first kappa shape index (κ1) is 17.1. The van der Waals surface area contributed by atoms with Gasteiger partial charge < -0.3 is 14.8 Å². The minimum Gasteiger partial charge on any atom is -0.507 e. The molecule has 4 rings (SSSR count). The van der Waals surface area contributed by atoms with Crippen LogP contribution in [0.2, 0.25) is 0 Å². The Labute approximate surface area is 156 Å². The molecule has 0 aliphatic carbocycles. The van der Waals surface area contributed by atoms with Crippen molar-refractivity contribution >= 4 is 17.1 Å². The summed E-state index contributed by atoms with van der Waals surface area (Å²) in [6.45, 7) is 3.62. The molecule has 1 aliphatic rings. The van der Waals surface area contributed by atoms with E-state index >= 15 is 0 Å². The molecule has 7 heteroatoms. The van der Waals surface area contributed by atoms with Crippen LogP contribution in [-0.2, 0) is 7.05 Å². The lowest BCUT2D eigenvalue weighted by Crippen LogP contribution is -2.20. The maximum atomic E-state index is 12.5. The molecule has 0 spiro atoms. The molecule has 0 saturated carbocycles. The molecule has 3 heterocycles. The number of fused-ring (bicyclic) bond motifs is 1. The molecule has 7 nitrogen and oxygen atoms in total. The summed E-state index contributed by atoms with van der Waals surface area (Å²) in [6, 6.07) is 8.91. The third kappa shape index (κ3) is 3.01. The van der Waals surface area contributed by atoms with Crippen LogP contribution in [0.5, 0.6) is 5.75 Å². The quantitative estimate of drug-likeness (QED) is 0.727. The standard InChI is InChI=1S/C20H20N4O3/c1-11-8-18(25)19(20(26)27-11)17-9-16(13-10-21-24(3)12(13)2)22-14-6-4-5-7-15(14)23-17/h4-8,10,16,22,25H,9H2,1-3H3. The van der Waals surface area contributed by atoms with Crippen LogP contribution in [0.1, 0.15) is 35.0 Å². The van der Waals surface area contributed by atoms with Gasteiger partial charge in [0.25, 0.3) is 0 Å². The number of benzene rings is 1. The van der Waals surface area contributed by atoms with Crippen LogP contribution in [0.4, 0.5) is 11.4 Å². The van der Waals surface area contributed by atoms with Gasteiger partial charge in [0.05, 0.1) is 29.3 Å². The smallest absolute Gasteiger partial charge is 0.348 e. The second kappa shape index (κ2) is 6.42. The van der Waals surface area contributed by atoms with Crippen molar-refractivity contribution in [2.45, 2.75) is 26.3 Å². The average molecular weight is 364 g/mol. The molecule has 1 unspecified atom stereocenters. The number of nitrogens with zero attached hydrogens (tertiary/aromatic N) is 3. The molecule has 2 aromatic heterocycles. The monoisotopic (exact) mass is 364 g/mol. The zero-order valence-electron chi connectivity index (χ0n) is 15.4. The number of aromatic nitrogens is 2. The van der Waals surface area contributed by atoms with Gasteiger partial charge in [-0.15, -0.1) is 0 Å². The Hall–Kier alpha value is -3.35. The highest BCUT2D eigenvalue weighted by molar-refractivity contribution is 6.05. The minimum atomic E-state index is -0.590. The van der Waals surface area contributed by atoms with Gasteiger partial charge in [-0.2, -0.15) is 5.10 Å². The molecule has 1 aromatic carbocycles. The molecule has 0 bridgehead atoms. The molecule has 1 atom stereocenters. The zero-order valence-corrected chi connectivity index (χ0v) is 15.4. The van der Waals surface area contributed by atoms with Gasteiger partial charge >= 0.3 is 5.63 Å². The van der Waals surface area contributed by atoms with Crippen molar-refractivity contribution in [1.29, 1.82) is 0 Å². The van der Waals surface area contributed by atoms with Crippen LogP contribution in [0.3, 0.4) is 0 Å². The van der Waals surface area contributed by atoms with E-state index in [0.717, 1.165) is 16.9 Å². The van der Waals surface area contributed by atoms with Crippen molar-refractivity contribution in [2.24, 2.45) is 12.0 Å². The summed E-state index contributed by atoms with van der Waals surface area (Å²) in [4.78, 5) is 17.1. The van der Waals surface area contributed by atoms with Crippen LogP contribution < -0.4 is 10.9 Å². The highest BCUT2D eigenvalue weighted by atomic mass is 16.4. The fraction of sp³-hybridized carbons (Fsp3) is 0.250. The maximum Gasteiger partial charge on any atom is 0.348 e. The third-order valence-electron chi connectivity index (χ3n) is 4.88. The number of nitrogens with one attached hydrogen (secondary N) is 1. The number of aromatic hydroxyl groups is 1. The zero-order chi connectivity index (χ0) is 19.1. The van der Waals surface area contributed by atoms with Crippen LogP contribution in [0, 0.1) is 13.8 Å². The van der Waals surface area contributed by atoms with Gasteiger partial charge in [0.2, 0.25) is 0 Å². The molecule has 138 valence electrons. The van der Waals surface area contributed by atoms with Crippen molar-refractivity contribution in [2.75, 3.05) is 5.32 Å². The number of hydrogen-bond donors (Lipinski definition) is 2. The Kier molecular flexibility index (Phi) is 4.07. The summed E-state index contributed by atoms with van der Waals surface area (Å²) in [5.74, 6) is 0.234. The molecule has 3 aromatic rings. The van der Waals surface area contributed by atoms with E-state index in [1.165, 1.54) is 6.07 Å². The molecular weight excluding hydrogens is 344 g/mol. The molecule has 1 aliphatic heterocycles. The van der Waals surface area contributed by atoms with Crippen LogP contribution >= 0.6 is 0 Å². The molecule has 27 heavy (non-hydrogen) atoms. The lowest BCUT2D eigenvalue weighted by Gasteiger charge is -2.18. The van der Waals surface area contributed by atoms with Crippen LogP contribution in [0.15, 0.2) is 50.7 Å². The van der Waals surface area contributed by atoms with E-state index in [0.29, 0.717) is 23.6 Å². The summed E-state index contributed by atoms with van der Waals surface area (Å²) >= 11 is 0. The van der Waals surface area contributed by atoms with E-state index in [1.807, 2.05) is 49.1 Å². The number of rotatable bonds is 2. The van der Waals surface area contributed by atoms with Gasteiger partial charge in [0.1, 0.15) is 17.1 Å². The van der Waals surface area contributed by atoms with Crippen molar-refractivity contribution in [3.63, 3.8) is 0 Å². The lowest BCUT2D eigenvalue weighted by molar-refractivity contribution is 0.432. The summed E-state index contributed by atoms with van der Waals surface area (Å²) in [7, 11) is 1.89. The lowest BCUT2D eigenvalue weighted by atomic mass is 9.98. The first-order chi connectivity index (χ1) is 12.9. The van der Waals surface area contributed by atoms with E-state index in [-0.39, 0.29) is 17.4 Å². The third-order valence-corrected chi connectivity index (χ3v) is 4.88. The molecule has 0 amide bonds. The van der Waals surface area contributed by atoms with Crippen molar-refractivity contribution in [3.8, 4) is 5.75 Å². The van der Waals surface area contributed by atoms with Gasteiger partial charge in [-0.1, -0.05) is 12.1 Å². The van der Waals surface area contributed by atoms with Crippen LogP contribution in [-0.4, -0.2) is 20.6 Å². The highest BCUT2D eigenvalue weighted by Gasteiger charge is 2.27. The number of anilines is 1. The van der Waals surface area contributed by atoms with E-state index in [2.05, 4.69) is 15.4 Å². The second-order valence-electron chi connectivity index (χ2n) is 6.69. The number of para-hydroxylation sites is 2. The summed E-state index contributed by atoms with van der Waals surface area (Å²) < 4.78 is 7.01.